The van der Waals surface area contributed by atoms with E-state index < -0.39 is 35.9 Å². The fourth-order valence-corrected chi connectivity index (χ4v) is 3.75. The van der Waals surface area contributed by atoms with Gasteiger partial charge in [0.2, 0.25) is 11.8 Å². The lowest BCUT2D eigenvalue weighted by atomic mass is 9.95. The Hall–Kier alpha value is -3.63. The predicted molar refractivity (Wildman–Crippen MR) is 127 cm³/mol. The number of carbonyl (C=O) groups excluding carboxylic acids is 2. The molecule has 1 aliphatic heterocycles. The van der Waals surface area contributed by atoms with Crippen LogP contribution in [0.2, 0.25) is 0 Å². The highest BCUT2D eigenvalue weighted by atomic mass is 16.4. The number of carboxylic acids is 1. The number of aromatic hydroxyl groups is 2. The van der Waals surface area contributed by atoms with E-state index in [2.05, 4.69) is 10.6 Å². The van der Waals surface area contributed by atoms with Gasteiger partial charge in [-0.1, -0.05) is 19.6 Å². The van der Waals surface area contributed by atoms with Crippen LogP contribution in [0.4, 0.5) is 0 Å². The lowest BCUT2D eigenvalue weighted by Crippen LogP contribution is -2.55. The molecule has 10 heteroatoms. The highest BCUT2D eigenvalue weighted by molar-refractivity contribution is 5.92. The molecule has 10 nitrogen and oxygen atoms in total. The van der Waals surface area contributed by atoms with Gasteiger partial charge in [-0.05, 0) is 65.9 Å². The molecule has 0 saturated carbocycles. The second kappa shape index (κ2) is 11.5. The molecule has 0 saturated heterocycles. The number of hydrogen-bond donors (Lipinski definition) is 7. The third kappa shape index (κ3) is 6.24. The van der Waals surface area contributed by atoms with Crippen LogP contribution in [0.25, 0.3) is 11.1 Å². The number of aliphatic carboxylic acids is 1. The average molecular weight is 473 g/mol. The third-order valence-corrected chi connectivity index (χ3v) is 5.64. The molecule has 0 aliphatic carbocycles. The van der Waals surface area contributed by atoms with Gasteiger partial charge < -0.3 is 37.4 Å². The molecule has 1 aliphatic rings. The fraction of sp³-hybridized carbons (Fsp3) is 0.375. The number of carbonyl (C=O) groups is 3. The summed E-state index contributed by atoms with van der Waals surface area (Å²) in [5.41, 5.74) is 13.7. The summed E-state index contributed by atoms with van der Waals surface area (Å²) in [6.45, 7) is 0.273. The molecule has 34 heavy (non-hydrogen) atoms. The maximum absolute atomic E-state index is 12.9. The second-order valence-corrected chi connectivity index (χ2v) is 8.09. The molecule has 0 fully saturated rings. The van der Waals surface area contributed by atoms with E-state index in [1.165, 1.54) is 12.1 Å². The van der Waals surface area contributed by atoms with Crippen LogP contribution >= 0.6 is 0 Å². The Balaban J connectivity index is 0.00000408. The van der Waals surface area contributed by atoms with Crippen LogP contribution in [-0.4, -0.2) is 57.8 Å². The van der Waals surface area contributed by atoms with Crippen molar-refractivity contribution in [1.29, 1.82) is 0 Å². The monoisotopic (exact) mass is 472 g/mol. The first-order valence-corrected chi connectivity index (χ1v) is 10.6. The molecule has 1 heterocycles. The number of carboxylic acid groups (broad SMARTS) is 1. The van der Waals surface area contributed by atoms with E-state index in [-0.39, 0.29) is 44.7 Å². The molecule has 2 amide bonds. The summed E-state index contributed by atoms with van der Waals surface area (Å²) in [6.07, 6.45) is 0.438. The summed E-state index contributed by atoms with van der Waals surface area (Å²) in [5.74, 6) is -2.74. The van der Waals surface area contributed by atoms with Crippen molar-refractivity contribution in [3.8, 4) is 22.6 Å². The zero-order valence-corrected chi connectivity index (χ0v) is 18.0. The van der Waals surface area contributed by atoms with Gasteiger partial charge in [0.15, 0.2) is 0 Å². The minimum absolute atomic E-state index is 0. The number of hydrogen-bond acceptors (Lipinski definition) is 7. The zero-order valence-electron chi connectivity index (χ0n) is 18.0. The highest BCUT2D eigenvalue weighted by Crippen LogP contribution is 2.30. The smallest absolute Gasteiger partial charge is 0.326 e. The molecule has 9 N–H and O–H groups in total. The van der Waals surface area contributed by atoms with Crippen molar-refractivity contribution < 1.29 is 29.7 Å². The Bertz CT molecular complexity index is 1060. The normalized spacial score (nSPS) is 20.7. The summed E-state index contributed by atoms with van der Waals surface area (Å²) in [7, 11) is 0. The van der Waals surface area contributed by atoms with Crippen molar-refractivity contribution >= 4 is 17.8 Å². The van der Waals surface area contributed by atoms with Crippen LogP contribution in [0.3, 0.4) is 0 Å². The van der Waals surface area contributed by atoms with E-state index in [0.717, 1.165) is 0 Å². The fourth-order valence-electron chi connectivity index (χ4n) is 3.75. The van der Waals surface area contributed by atoms with E-state index in [1.807, 2.05) is 0 Å². The van der Waals surface area contributed by atoms with Crippen LogP contribution in [0.15, 0.2) is 36.4 Å². The first kappa shape index (κ1) is 26.6. The largest absolute Gasteiger partial charge is 0.508 e. The van der Waals surface area contributed by atoms with Crippen molar-refractivity contribution in [2.75, 3.05) is 6.54 Å². The molecule has 184 valence electrons. The maximum Gasteiger partial charge on any atom is 0.326 e. The Labute approximate surface area is 198 Å². The van der Waals surface area contributed by atoms with Gasteiger partial charge in [-0.25, -0.2) is 4.79 Å². The molecule has 3 atom stereocenters. The number of phenolic OH excluding ortho intramolecular Hbond substituents is 2. The van der Waals surface area contributed by atoms with Gasteiger partial charge in [0, 0.05) is 12.8 Å². The number of benzene rings is 2. The number of rotatable bonds is 4. The Morgan fingerprint density at radius 1 is 0.941 bits per heavy atom. The van der Waals surface area contributed by atoms with E-state index >= 15 is 0 Å². The molecular weight excluding hydrogens is 440 g/mol. The number of amides is 2. The summed E-state index contributed by atoms with van der Waals surface area (Å²) < 4.78 is 0. The average Bonchev–Trinajstić information content (AvgIpc) is 2.78. The van der Waals surface area contributed by atoms with Crippen LogP contribution < -0.4 is 22.1 Å². The number of nitrogens with two attached hydrogens (primary N) is 2. The molecule has 3 rings (SSSR count). The van der Waals surface area contributed by atoms with Crippen molar-refractivity contribution in [2.24, 2.45) is 11.5 Å². The Morgan fingerprint density at radius 2 is 1.50 bits per heavy atom. The van der Waals surface area contributed by atoms with Gasteiger partial charge in [0.25, 0.3) is 0 Å². The molecule has 0 unspecified atom stereocenters. The molecule has 0 radical (unpaired) electrons. The van der Waals surface area contributed by atoms with Crippen molar-refractivity contribution in [2.45, 2.75) is 51.2 Å². The number of phenols is 2. The Kier molecular flexibility index (Phi) is 8.99. The standard InChI is InChI=1S/C23H28N4O6.CH4/c24-7-1-2-17-22(31)27-18(23(32)33)11-15-9-13(4-6-20(15)29)12-3-5-19(28)14(8-12)10-16(25)21(30)26-17;/h3-6,8-9,16-18,28-29H,1-2,7,10-11,24-25H2,(H,26,30)(H,27,31)(H,32,33);1H4/t16-,17-,18-;/m0./s1. The van der Waals surface area contributed by atoms with Gasteiger partial charge in [0.1, 0.15) is 23.6 Å². The van der Waals surface area contributed by atoms with Crippen molar-refractivity contribution in [3.05, 3.63) is 47.5 Å². The lowest BCUT2D eigenvalue weighted by molar-refractivity contribution is -0.142. The van der Waals surface area contributed by atoms with Gasteiger partial charge in [-0.3, -0.25) is 9.59 Å². The number of nitrogens with one attached hydrogen (secondary N) is 2. The molecule has 0 aromatic heterocycles. The van der Waals surface area contributed by atoms with Gasteiger partial charge in [-0.2, -0.15) is 0 Å². The van der Waals surface area contributed by atoms with Gasteiger partial charge in [-0.15, -0.1) is 0 Å². The quantitative estimate of drug-likeness (QED) is 0.337. The first-order chi connectivity index (χ1) is 15.7. The minimum Gasteiger partial charge on any atom is -0.508 e. The topological polar surface area (TPSA) is 188 Å². The van der Waals surface area contributed by atoms with Crippen LogP contribution in [0.1, 0.15) is 31.4 Å². The van der Waals surface area contributed by atoms with Crippen LogP contribution in [0, 0.1) is 0 Å². The predicted octanol–water partition coefficient (Wildman–Crippen LogP) is 0.620. The first-order valence-electron chi connectivity index (χ1n) is 10.6. The molecule has 2 aromatic rings. The van der Waals surface area contributed by atoms with Crippen molar-refractivity contribution in [3.63, 3.8) is 0 Å². The van der Waals surface area contributed by atoms with Gasteiger partial charge >= 0.3 is 5.97 Å². The lowest BCUT2D eigenvalue weighted by Gasteiger charge is -2.23. The van der Waals surface area contributed by atoms with E-state index in [9.17, 15) is 29.7 Å². The molecule has 2 aromatic carbocycles. The summed E-state index contributed by atoms with van der Waals surface area (Å²) in [5, 5.41) is 35.3. The summed E-state index contributed by atoms with van der Waals surface area (Å²) in [6, 6.07) is 6.10. The Morgan fingerprint density at radius 3 is 2.03 bits per heavy atom. The SMILES string of the molecule is C.NCCC[C@@H]1NC(=O)[C@@H](N)Cc2cc(ccc2O)-c2ccc(O)c(c2)C[C@@H](C(=O)O)NC1=O. The third-order valence-electron chi connectivity index (χ3n) is 5.64. The van der Waals surface area contributed by atoms with E-state index in [0.29, 0.717) is 28.7 Å². The second-order valence-electron chi connectivity index (χ2n) is 8.09. The number of fused-ring (bicyclic) bond motifs is 5. The van der Waals surface area contributed by atoms with Crippen molar-refractivity contribution in [1.82, 2.24) is 10.6 Å². The highest BCUT2D eigenvalue weighted by Gasteiger charge is 2.29. The molecule has 0 spiro atoms. The molecule has 4 bridgehead atoms. The summed E-state index contributed by atoms with van der Waals surface area (Å²) in [4.78, 5) is 37.4. The van der Waals surface area contributed by atoms with Gasteiger partial charge in [0.05, 0.1) is 6.04 Å². The van der Waals surface area contributed by atoms with Crippen LogP contribution in [-0.2, 0) is 27.2 Å². The molecular formula is C24H32N4O6. The van der Waals surface area contributed by atoms with E-state index in [4.69, 9.17) is 11.5 Å². The van der Waals surface area contributed by atoms with E-state index in [1.54, 1.807) is 24.3 Å². The minimum atomic E-state index is -1.34. The summed E-state index contributed by atoms with van der Waals surface area (Å²) >= 11 is 0. The maximum atomic E-state index is 12.9. The zero-order chi connectivity index (χ0) is 24.1. The van der Waals surface area contributed by atoms with Crippen LogP contribution in [0.5, 0.6) is 11.5 Å².